The van der Waals surface area contributed by atoms with Gasteiger partial charge in [0.1, 0.15) is 5.75 Å². The van der Waals surface area contributed by atoms with Gasteiger partial charge >= 0.3 is 0 Å². The summed E-state index contributed by atoms with van der Waals surface area (Å²) in [7, 11) is 0. The van der Waals surface area contributed by atoms with E-state index in [2.05, 4.69) is 25.7 Å². The Morgan fingerprint density at radius 2 is 1.96 bits per heavy atom. The molecule has 5 heteroatoms. The molecule has 2 aliphatic heterocycles. The first-order valence-corrected chi connectivity index (χ1v) is 9.41. The fourth-order valence-corrected chi connectivity index (χ4v) is 4.10. The van der Waals surface area contributed by atoms with Gasteiger partial charge < -0.3 is 10.0 Å². The second kappa shape index (κ2) is 7.67. The van der Waals surface area contributed by atoms with E-state index in [-0.39, 0.29) is 5.92 Å². The fraction of sp³-hybridized carbons (Fsp3) is 0.611. The molecule has 0 bridgehead atoms. The van der Waals surface area contributed by atoms with Crippen LogP contribution in [0.1, 0.15) is 37.7 Å². The molecule has 0 radical (unpaired) electrons. The molecule has 0 saturated carbocycles. The monoisotopic (exact) mass is 380 g/mol. The molecular formula is C18H25BrN2O2. The average molecular weight is 381 g/mol. The first-order chi connectivity index (χ1) is 11.1. The molecule has 4 nitrogen and oxygen atoms in total. The molecule has 0 unspecified atom stereocenters. The third-order valence-electron chi connectivity index (χ3n) is 4.96. The minimum absolute atomic E-state index is 0.121. The van der Waals surface area contributed by atoms with Gasteiger partial charge in [0.05, 0.1) is 5.92 Å². The number of hydrogen-bond donors (Lipinski definition) is 1. The highest BCUT2D eigenvalue weighted by molar-refractivity contribution is 9.10. The molecule has 1 N–H and O–H groups in total. The van der Waals surface area contributed by atoms with Crippen molar-refractivity contribution in [2.45, 2.75) is 38.6 Å². The summed E-state index contributed by atoms with van der Waals surface area (Å²) < 4.78 is 0.975. The van der Waals surface area contributed by atoms with Crippen LogP contribution in [0.4, 0.5) is 0 Å². The number of phenols is 1. The molecule has 2 heterocycles. The Morgan fingerprint density at radius 3 is 2.74 bits per heavy atom. The summed E-state index contributed by atoms with van der Waals surface area (Å²) >= 11 is 3.46. The Morgan fingerprint density at radius 1 is 1.17 bits per heavy atom. The van der Waals surface area contributed by atoms with Crippen LogP contribution >= 0.6 is 15.9 Å². The van der Waals surface area contributed by atoms with Gasteiger partial charge in [-0.3, -0.25) is 9.69 Å². The molecule has 126 valence electrons. The second-order valence-electron chi connectivity index (χ2n) is 6.73. The van der Waals surface area contributed by atoms with Crippen LogP contribution in [-0.4, -0.2) is 47.0 Å². The predicted octanol–water partition coefficient (Wildman–Crippen LogP) is 3.38. The van der Waals surface area contributed by atoms with Crippen molar-refractivity contribution < 1.29 is 9.90 Å². The molecule has 23 heavy (non-hydrogen) atoms. The zero-order chi connectivity index (χ0) is 16.2. The van der Waals surface area contributed by atoms with Crippen molar-refractivity contribution in [1.82, 2.24) is 9.80 Å². The summed E-state index contributed by atoms with van der Waals surface area (Å²) in [6.45, 7) is 4.37. The highest BCUT2D eigenvalue weighted by Crippen LogP contribution is 2.26. The third kappa shape index (κ3) is 4.27. The van der Waals surface area contributed by atoms with Crippen LogP contribution in [0.25, 0.3) is 0 Å². The Balaban J connectivity index is 1.61. The third-order valence-corrected chi connectivity index (χ3v) is 5.45. The highest BCUT2D eigenvalue weighted by atomic mass is 79.9. The van der Waals surface area contributed by atoms with Crippen molar-refractivity contribution in [3.63, 3.8) is 0 Å². The average Bonchev–Trinajstić information content (AvgIpc) is 2.58. The van der Waals surface area contributed by atoms with Crippen molar-refractivity contribution >= 4 is 21.8 Å². The maximum Gasteiger partial charge on any atom is 0.226 e. The highest BCUT2D eigenvalue weighted by Gasteiger charge is 2.30. The number of nitrogens with zero attached hydrogens (tertiary/aromatic N) is 2. The summed E-state index contributed by atoms with van der Waals surface area (Å²) in [4.78, 5) is 17.1. The van der Waals surface area contributed by atoms with Crippen molar-refractivity contribution in [3.8, 4) is 5.75 Å². The molecule has 1 amide bonds. The Hall–Kier alpha value is -1.07. The van der Waals surface area contributed by atoms with E-state index in [1.54, 1.807) is 6.07 Å². The van der Waals surface area contributed by atoms with Crippen molar-refractivity contribution in [2.24, 2.45) is 5.92 Å². The van der Waals surface area contributed by atoms with Gasteiger partial charge in [-0.1, -0.05) is 15.9 Å². The largest absolute Gasteiger partial charge is 0.508 e. The van der Waals surface area contributed by atoms with Crippen molar-refractivity contribution in [3.05, 3.63) is 28.2 Å². The minimum atomic E-state index is 0.121. The lowest BCUT2D eigenvalue weighted by molar-refractivity contribution is -0.138. The van der Waals surface area contributed by atoms with Crippen LogP contribution < -0.4 is 0 Å². The summed E-state index contributed by atoms with van der Waals surface area (Å²) in [5.41, 5.74) is 0.922. The molecule has 1 aromatic carbocycles. The Labute approximate surface area is 146 Å². The Bertz CT molecular complexity index is 558. The van der Waals surface area contributed by atoms with Gasteiger partial charge in [-0.25, -0.2) is 0 Å². The normalized spacial score (nSPS) is 23.0. The SMILES string of the molecule is O=C([C@@H]1CCCN(Cc2cc(Br)ccc2O)C1)N1CCCCC1. The van der Waals surface area contributed by atoms with Gasteiger partial charge in [0, 0.05) is 36.2 Å². The van der Waals surface area contributed by atoms with Crippen LogP contribution in [-0.2, 0) is 11.3 Å². The molecule has 3 rings (SSSR count). The standard InChI is InChI=1S/C18H25BrN2O2/c19-16-6-7-17(22)15(11-16)13-20-8-4-5-14(12-20)18(23)21-9-2-1-3-10-21/h6-7,11,14,22H,1-5,8-10,12-13H2/t14-/m1/s1. The first kappa shape index (κ1) is 16.8. The smallest absolute Gasteiger partial charge is 0.226 e. The number of hydrogen-bond acceptors (Lipinski definition) is 3. The number of piperidine rings is 2. The van der Waals surface area contributed by atoms with Gasteiger partial charge in [0.25, 0.3) is 0 Å². The molecule has 0 aliphatic carbocycles. The number of likely N-dealkylation sites (tertiary alicyclic amines) is 2. The van der Waals surface area contributed by atoms with Gasteiger partial charge in [0.15, 0.2) is 0 Å². The molecule has 2 aliphatic rings. The van der Waals surface area contributed by atoms with Crippen LogP contribution in [0.2, 0.25) is 0 Å². The van der Waals surface area contributed by atoms with Crippen LogP contribution in [0.5, 0.6) is 5.75 Å². The summed E-state index contributed by atoms with van der Waals surface area (Å²) in [6.07, 6.45) is 5.60. The number of carbonyl (C=O) groups is 1. The van der Waals surface area contributed by atoms with E-state index in [4.69, 9.17) is 0 Å². The van der Waals surface area contributed by atoms with Crippen molar-refractivity contribution in [1.29, 1.82) is 0 Å². The van der Waals surface area contributed by atoms with Gasteiger partial charge in [-0.15, -0.1) is 0 Å². The molecule has 2 fully saturated rings. The molecule has 1 aromatic rings. The van der Waals surface area contributed by atoms with Gasteiger partial charge in [-0.05, 0) is 56.8 Å². The molecule has 0 aromatic heterocycles. The second-order valence-corrected chi connectivity index (χ2v) is 7.65. The summed E-state index contributed by atoms with van der Waals surface area (Å²) in [5.74, 6) is 0.793. The van der Waals surface area contributed by atoms with Gasteiger partial charge in [-0.2, -0.15) is 0 Å². The molecule has 0 spiro atoms. The lowest BCUT2D eigenvalue weighted by Gasteiger charge is -2.36. The number of benzene rings is 1. The molecule has 1 atom stereocenters. The topological polar surface area (TPSA) is 43.8 Å². The molecule has 2 saturated heterocycles. The number of rotatable bonds is 3. The quantitative estimate of drug-likeness (QED) is 0.873. The maximum atomic E-state index is 12.7. The fourth-order valence-electron chi connectivity index (χ4n) is 3.69. The first-order valence-electron chi connectivity index (χ1n) is 8.62. The van der Waals surface area contributed by atoms with E-state index in [1.807, 2.05) is 12.1 Å². The predicted molar refractivity (Wildman–Crippen MR) is 94.2 cm³/mol. The van der Waals surface area contributed by atoms with E-state index < -0.39 is 0 Å². The summed E-state index contributed by atoms with van der Waals surface area (Å²) in [6, 6.07) is 5.53. The maximum absolute atomic E-state index is 12.7. The van der Waals surface area contributed by atoms with Gasteiger partial charge in [0.2, 0.25) is 5.91 Å². The van der Waals surface area contributed by atoms with E-state index in [0.29, 0.717) is 18.2 Å². The zero-order valence-corrected chi connectivity index (χ0v) is 15.1. The van der Waals surface area contributed by atoms with E-state index >= 15 is 0 Å². The van der Waals surface area contributed by atoms with E-state index in [9.17, 15) is 9.90 Å². The number of carbonyl (C=O) groups excluding carboxylic acids is 1. The Kier molecular flexibility index (Phi) is 5.59. The lowest BCUT2D eigenvalue weighted by Crippen LogP contribution is -2.46. The van der Waals surface area contributed by atoms with Crippen molar-refractivity contribution in [2.75, 3.05) is 26.2 Å². The van der Waals surface area contributed by atoms with Crippen LogP contribution in [0, 0.1) is 5.92 Å². The molecular weight excluding hydrogens is 356 g/mol. The number of halogens is 1. The van der Waals surface area contributed by atoms with Crippen LogP contribution in [0.15, 0.2) is 22.7 Å². The minimum Gasteiger partial charge on any atom is -0.508 e. The van der Waals surface area contributed by atoms with E-state index in [0.717, 1.165) is 61.9 Å². The van der Waals surface area contributed by atoms with E-state index in [1.165, 1.54) is 6.42 Å². The lowest BCUT2D eigenvalue weighted by atomic mass is 9.95. The summed E-state index contributed by atoms with van der Waals surface area (Å²) in [5, 5.41) is 10.0. The number of aromatic hydroxyl groups is 1. The van der Waals surface area contributed by atoms with Crippen LogP contribution in [0.3, 0.4) is 0 Å². The number of amides is 1. The zero-order valence-electron chi connectivity index (χ0n) is 13.5. The number of phenolic OH excluding ortho intramolecular Hbond substituents is 1.